The van der Waals surface area contributed by atoms with Crippen LogP contribution in [0.1, 0.15) is 48.4 Å². The monoisotopic (exact) mass is 486 g/mol. The zero-order valence-electron chi connectivity index (χ0n) is 18.2. The fraction of sp³-hybridized carbons (Fsp3) is 0.250. The van der Waals surface area contributed by atoms with Gasteiger partial charge in [0.15, 0.2) is 0 Å². The van der Waals surface area contributed by atoms with Gasteiger partial charge in [0.2, 0.25) is 0 Å². The highest BCUT2D eigenvalue weighted by atomic mass is 79.9. The van der Waals surface area contributed by atoms with Crippen LogP contribution < -0.4 is 10.1 Å². The van der Waals surface area contributed by atoms with E-state index in [-0.39, 0.29) is 0 Å². The number of nitrogens with zero attached hydrogens (tertiary/aromatic N) is 1. The molecule has 1 heterocycles. The smallest absolute Gasteiger partial charge is 0.133 e. The van der Waals surface area contributed by atoms with Gasteiger partial charge in [-0.1, -0.05) is 49.4 Å². The summed E-state index contributed by atoms with van der Waals surface area (Å²) in [4.78, 5) is 4.68. The number of allylic oxidation sites excluding steroid dienone is 2. The summed E-state index contributed by atoms with van der Waals surface area (Å²) in [7, 11) is 0. The summed E-state index contributed by atoms with van der Waals surface area (Å²) in [5.74, 6) is 1.93. The van der Waals surface area contributed by atoms with E-state index in [0.29, 0.717) is 17.9 Å². The van der Waals surface area contributed by atoms with Gasteiger partial charge in [0.25, 0.3) is 0 Å². The molecule has 5 rings (SSSR count). The van der Waals surface area contributed by atoms with Crippen molar-refractivity contribution in [3.8, 4) is 5.75 Å². The lowest BCUT2D eigenvalue weighted by atomic mass is 9.77. The van der Waals surface area contributed by atoms with Crippen molar-refractivity contribution < 1.29 is 4.74 Å². The van der Waals surface area contributed by atoms with E-state index in [1.807, 2.05) is 24.4 Å². The number of hydrogen-bond acceptors (Lipinski definition) is 3. The summed E-state index contributed by atoms with van der Waals surface area (Å²) in [6.07, 6.45) is 8.72. The van der Waals surface area contributed by atoms with Crippen LogP contribution in [0.4, 0.5) is 11.4 Å². The maximum Gasteiger partial charge on any atom is 0.133 e. The highest BCUT2D eigenvalue weighted by Crippen LogP contribution is 2.49. The topological polar surface area (TPSA) is 33.6 Å². The molecule has 3 atom stereocenters. The van der Waals surface area contributed by atoms with E-state index in [9.17, 15) is 0 Å². The van der Waals surface area contributed by atoms with Gasteiger partial charge in [0.1, 0.15) is 5.75 Å². The van der Waals surface area contributed by atoms with E-state index >= 15 is 0 Å². The SMILES string of the molecule is CCCOc1ccc(C=Nc2ccc([C@@H]3Nc4ccccc4[C@H]4C=CC[C@@H]43)cc2)cc1Br. The van der Waals surface area contributed by atoms with Crippen molar-refractivity contribution in [3.63, 3.8) is 0 Å². The van der Waals surface area contributed by atoms with Crippen molar-refractivity contribution in [1.82, 2.24) is 0 Å². The lowest BCUT2D eigenvalue weighted by molar-refractivity contribution is 0.315. The number of aliphatic imine (C=N–C) groups is 1. The summed E-state index contributed by atoms with van der Waals surface area (Å²) in [6.45, 7) is 2.82. The van der Waals surface area contributed by atoms with E-state index in [1.165, 1.54) is 16.8 Å². The molecule has 162 valence electrons. The first-order valence-corrected chi connectivity index (χ1v) is 12.1. The maximum atomic E-state index is 5.72. The molecule has 32 heavy (non-hydrogen) atoms. The molecule has 0 bridgehead atoms. The first-order valence-electron chi connectivity index (χ1n) is 11.3. The molecule has 3 aromatic rings. The van der Waals surface area contributed by atoms with Crippen LogP contribution in [0, 0.1) is 5.92 Å². The number of rotatable bonds is 6. The number of hydrogen-bond donors (Lipinski definition) is 1. The third-order valence-corrected chi connectivity index (χ3v) is 6.92. The molecule has 0 saturated carbocycles. The molecule has 0 spiro atoms. The zero-order valence-corrected chi connectivity index (χ0v) is 19.8. The minimum Gasteiger partial charge on any atom is -0.492 e. The Morgan fingerprint density at radius 3 is 2.75 bits per heavy atom. The van der Waals surface area contributed by atoms with Crippen LogP contribution in [-0.2, 0) is 0 Å². The Morgan fingerprint density at radius 2 is 1.94 bits per heavy atom. The maximum absolute atomic E-state index is 5.72. The van der Waals surface area contributed by atoms with Crippen LogP contribution >= 0.6 is 15.9 Å². The van der Waals surface area contributed by atoms with E-state index in [1.54, 1.807) is 0 Å². The first kappa shape index (κ1) is 21.0. The van der Waals surface area contributed by atoms with Gasteiger partial charge in [-0.25, -0.2) is 0 Å². The molecule has 2 aliphatic rings. The first-order chi connectivity index (χ1) is 15.7. The number of anilines is 1. The molecule has 0 amide bonds. The second-order valence-corrected chi connectivity index (χ2v) is 9.31. The van der Waals surface area contributed by atoms with Gasteiger partial charge >= 0.3 is 0 Å². The third-order valence-electron chi connectivity index (χ3n) is 6.30. The summed E-state index contributed by atoms with van der Waals surface area (Å²) in [5.41, 5.74) is 5.98. The van der Waals surface area contributed by atoms with Gasteiger partial charge in [-0.2, -0.15) is 0 Å². The molecule has 0 saturated heterocycles. The van der Waals surface area contributed by atoms with E-state index in [2.05, 4.69) is 93.8 Å². The molecule has 0 unspecified atom stereocenters. The largest absolute Gasteiger partial charge is 0.492 e. The van der Waals surface area contributed by atoms with Crippen molar-refractivity contribution in [2.24, 2.45) is 10.9 Å². The van der Waals surface area contributed by atoms with Gasteiger partial charge in [0, 0.05) is 17.8 Å². The Hall–Kier alpha value is -2.85. The predicted octanol–water partition coefficient (Wildman–Crippen LogP) is 7.82. The zero-order chi connectivity index (χ0) is 21.9. The quantitative estimate of drug-likeness (QED) is 0.284. The van der Waals surface area contributed by atoms with Crippen LogP contribution in [-0.4, -0.2) is 12.8 Å². The molecule has 1 aliphatic heterocycles. The second-order valence-electron chi connectivity index (χ2n) is 8.45. The normalized spacial score (nSPS) is 21.2. The average molecular weight is 487 g/mol. The molecule has 0 radical (unpaired) electrons. The number of para-hydroxylation sites is 1. The van der Waals surface area contributed by atoms with Crippen LogP contribution in [0.15, 0.2) is 88.3 Å². The second kappa shape index (κ2) is 9.33. The standard InChI is InChI=1S/C28H27BrN2O/c1-2-16-32-27-15-10-19(17-25(27)29)18-30-21-13-11-20(12-14-21)28-24-8-5-7-22(24)23-6-3-4-9-26(23)31-28/h3-7,9-15,17-18,22,24,28,31H,2,8,16H2,1H3/t22-,24+,28+/m1/s1. The Balaban J connectivity index is 1.31. The number of fused-ring (bicyclic) bond motifs is 3. The number of benzene rings is 3. The predicted molar refractivity (Wildman–Crippen MR) is 136 cm³/mol. The summed E-state index contributed by atoms with van der Waals surface area (Å²) >= 11 is 3.59. The van der Waals surface area contributed by atoms with E-state index < -0.39 is 0 Å². The Morgan fingerprint density at radius 1 is 1.09 bits per heavy atom. The minimum atomic E-state index is 0.314. The van der Waals surface area contributed by atoms with Gasteiger partial charge in [0.05, 0.1) is 22.8 Å². The Bertz CT molecular complexity index is 1150. The fourth-order valence-electron chi connectivity index (χ4n) is 4.72. The molecular formula is C28H27BrN2O. The van der Waals surface area contributed by atoms with Crippen molar-refractivity contribution in [2.75, 3.05) is 11.9 Å². The molecule has 0 fully saturated rings. The Kier molecular flexibility index (Phi) is 6.13. The van der Waals surface area contributed by atoms with Gasteiger partial charge < -0.3 is 10.1 Å². The average Bonchev–Trinajstić information content (AvgIpc) is 3.32. The minimum absolute atomic E-state index is 0.314. The number of nitrogens with one attached hydrogen (secondary N) is 1. The van der Waals surface area contributed by atoms with Crippen LogP contribution in [0.25, 0.3) is 0 Å². The molecule has 0 aromatic heterocycles. The highest BCUT2D eigenvalue weighted by molar-refractivity contribution is 9.10. The third kappa shape index (κ3) is 4.24. The summed E-state index contributed by atoms with van der Waals surface area (Å²) < 4.78 is 6.68. The van der Waals surface area contributed by atoms with Crippen molar-refractivity contribution in [2.45, 2.75) is 31.7 Å². The fourth-order valence-corrected chi connectivity index (χ4v) is 5.23. The Labute approximate surface area is 198 Å². The van der Waals surface area contributed by atoms with Crippen LogP contribution in [0.3, 0.4) is 0 Å². The van der Waals surface area contributed by atoms with Crippen molar-refractivity contribution >= 4 is 33.5 Å². The molecule has 1 N–H and O–H groups in total. The molecule has 3 nitrogen and oxygen atoms in total. The number of ether oxygens (including phenoxy) is 1. The van der Waals surface area contributed by atoms with Gasteiger partial charge in [-0.05, 0) is 87.8 Å². The van der Waals surface area contributed by atoms with Gasteiger partial charge in [-0.3, -0.25) is 4.99 Å². The summed E-state index contributed by atoms with van der Waals surface area (Å²) in [5, 5.41) is 3.79. The van der Waals surface area contributed by atoms with Crippen molar-refractivity contribution in [3.05, 3.63) is 100 Å². The summed E-state index contributed by atoms with van der Waals surface area (Å²) in [6, 6.07) is 23.7. The molecule has 3 aromatic carbocycles. The highest BCUT2D eigenvalue weighted by Gasteiger charge is 2.37. The lowest BCUT2D eigenvalue weighted by Gasteiger charge is -2.37. The molecule has 1 aliphatic carbocycles. The molecular weight excluding hydrogens is 460 g/mol. The molecule has 4 heteroatoms. The van der Waals surface area contributed by atoms with Crippen LogP contribution in [0.2, 0.25) is 0 Å². The van der Waals surface area contributed by atoms with Crippen LogP contribution in [0.5, 0.6) is 5.75 Å². The van der Waals surface area contributed by atoms with E-state index in [0.717, 1.165) is 40.9 Å². The van der Waals surface area contributed by atoms with E-state index in [4.69, 9.17) is 4.74 Å². The lowest BCUT2D eigenvalue weighted by Crippen LogP contribution is -2.28. The van der Waals surface area contributed by atoms with Gasteiger partial charge in [-0.15, -0.1) is 0 Å². The number of halogens is 1. The van der Waals surface area contributed by atoms with Crippen molar-refractivity contribution in [1.29, 1.82) is 0 Å².